The average molecular weight is 347 g/mol. The molecule has 0 aliphatic rings. The van der Waals surface area contributed by atoms with E-state index in [9.17, 15) is 5.11 Å². The van der Waals surface area contributed by atoms with E-state index in [0.717, 1.165) is 22.8 Å². The van der Waals surface area contributed by atoms with Gasteiger partial charge >= 0.3 is 0 Å². The van der Waals surface area contributed by atoms with E-state index in [1.54, 1.807) is 11.3 Å². The van der Waals surface area contributed by atoms with Crippen molar-refractivity contribution >= 4 is 11.3 Å². The molecule has 3 nitrogen and oxygen atoms in total. The first-order valence-corrected chi connectivity index (χ1v) is 9.66. The first-order valence-electron chi connectivity index (χ1n) is 8.84. The standard InChI is InChI=1S/C15H26O3S.2C2H6/c1-7-8-17-9-10(2)18-13-12(16)11(3)19-14(13)15(4,5)6;2*1-2/h10,16H,7-9H2,1-6H3;2*1-2H3. The Kier molecular flexibility index (Phi) is 13.5. The first kappa shape index (κ1) is 24.5. The molecule has 4 heteroatoms. The normalized spacial score (nSPS) is 11.7. The van der Waals surface area contributed by atoms with Crippen molar-refractivity contribution in [2.45, 2.75) is 87.2 Å². The Morgan fingerprint density at radius 2 is 1.65 bits per heavy atom. The van der Waals surface area contributed by atoms with Crippen LogP contribution in [0.5, 0.6) is 11.5 Å². The molecule has 23 heavy (non-hydrogen) atoms. The van der Waals surface area contributed by atoms with Gasteiger partial charge in [0.2, 0.25) is 0 Å². The second kappa shape index (κ2) is 12.7. The maximum Gasteiger partial charge on any atom is 0.176 e. The van der Waals surface area contributed by atoms with Gasteiger partial charge in [-0.1, -0.05) is 55.4 Å². The summed E-state index contributed by atoms with van der Waals surface area (Å²) in [5.41, 5.74) is -0.0320. The minimum Gasteiger partial charge on any atom is -0.503 e. The molecule has 0 saturated heterocycles. The Labute approximate surface area is 148 Å². The van der Waals surface area contributed by atoms with Gasteiger partial charge in [0.1, 0.15) is 6.10 Å². The number of hydrogen-bond donors (Lipinski definition) is 1. The molecular weight excluding hydrogens is 308 g/mol. The van der Waals surface area contributed by atoms with Crippen LogP contribution in [0.2, 0.25) is 0 Å². The lowest BCUT2D eigenvalue weighted by Gasteiger charge is -2.21. The molecule has 0 aliphatic heterocycles. The Morgan fingerprint density at radius 3 is 2.09 bits per heavy atom. The Balaban J connectivity index is 0. The van der Waals surface area contributed by atoms with Crippen molar-refractivity contribution in [2.75, 3.05) is 13.2 Å². The maximum absolute atomic E-state index is 10.1. The smallest absolute Gasteiger partial charge is 0.176 e. The van der Waals surface area contributed by atoms with Crippen LogP contribution < -0.4 is 4.74 Å². The van der Waals surface area contributed by atoms with Crippen molar-refractivity contribution in [3.8, 4) is 11.5 Å². The highest BCUT2D eigenvalue weighted by Crippen LogP contribution is 2.46. The zero-order valence-corrected chi connectivity index (χ0v) is 17.7. The van der Waals surface area contributed by atoms with Gasteiger partial charge in [-0.05, 0) is 20.3 Å². The van der Waals surface area contributed by atoms with E-state index in [0.29, 0.717) is 12.4 Å². The summed E-state index contributed by atoms with van der Waals surface area (Å²) < 4.78 is 11.4. The van der Waals surface area contributed by atoms with E-state index in [1.165, 1.54) is 0 Å². The van der Waals surface area contributed by atoms with Crippen molar-refractivity contribution < 1.29 is 14.6 Å². The summed E-state index contributed by atoms with van der Waals surface area (Å²) in [6, 6.07) is 0. The summed E-state index contributed by atoms with van der Waals surface area (Å²) in [6.07, 6.45) is 0.940. The molecule has 1 atom stereocenters. The highest BCUT2D eigenvalue weighted by Gasteiger charge is 2.27. The lowest BCUT2D eigenvalue weighted by Crippen LogP contribution is -2.21. The van der Waals surface area contributed by atoms with Crippen LogP contribution in [0.4, 0.5) is 0 Å². The number of aromatic hydroxyl groups is 1. The lowest BCUT2D eigenvalue weighted by molar-refractivity contribution is 0.0571. The topological polar surface area (TPSA) is 38.7 Å². The van der Waals surface area contributed by atoms with E-state index < -0.39 is 0 Å². The zero-order chi connectivity index (χ0) is 18.6. The van der Waals surface area contributed by atoms with E-state index >= 15 is 0 Å². The van der Waals surface area contributed by atoms with Crippen LogP contribution in [0, 0.1) is 6.92 Å². The van der Waals surface area contributed by atoms with Crippen LogP contribution >= 0.6 is 11.3 Å². The lowest BCUT2D eigenvalue weighted by atomic mass is 9.94. The number of hydrogen-bond acceptors (Lipinski definition) is 4. The minimum absolute atomic E-state index is 0.0320. The molecule has 0 fully saturated rings. The molecule has 0 aliphatic carbocycles. The van der Waals surface area contributed by atoms with Gasteiger partial charge in [0.25, 0.3) is 0 Å². The second-order valence-electron chi connectivity index (χ2n) is 5.92. The summed E-state index contributed by atoms with van der Waals surface area (Å²) in [4.78, 5) is 1.99. The van der Waals surface area contributed by atoms with Gasteiger partial charge in [-0.2, -0.15) is 0 Å². The average Bonchev–Trinajstić information content (AvgIpc) is 2.80. The Hall–Kier alpha value is -0.740. The number of ether oxygens (including phenoxy) is 2. The Morgan fingerprint density at radius 1 is 1.13 bits per heavy atom. The van der Waals surface area contributed by atoms with Gasteiger partial charge in [0.05, 0.1) is 11.5 Å². The van der Waals surface area contributed by atoms with E-state index in [1.807, 2.05) is 41.5 Å². The van der Waals surface area contributed by atoms with Crippen molar-refractivity contribution in [3.05, 3.63) is 9.75 Å². The van der Waals surface area contributed by atoms with Gasteiger partial charge in [0.15, 0.2) is 11.5 Å². The first-order chi connectivity index (χ1) is 10.8. The summed E-state index contributed by atoms with van der Waals surface area (Å²) >= 11 is 1.60. The molecule has 138 valence electrons. The summed E-state index contributed by atoms with van der Waals surface area (Å²) in [5, 5.41) is 10.1. The molecule has 1 aromatic heterocycles. The second-order valence-corrected chi connectivity index (χ2v) is 7.14. The molecule has 1 N–H and O–H groups in total. The predicted octanol–water partition coefficient (Wildman–Crippen LogP) is 6.31. The summed E-state index contributed by atoms with van der Waals surface area (Å²) in [5.74, 6) is 0.903. The predicted molar refractivity (Wildman–Crippen MR) is 103 cm³/mol. The van der Waals surface area contributed by atoms with Crippen LogP contribution in [-0.4, -0.2) is 24.4 Å². The molecule has 1 heterocycles. The monoisotopic (exact) mass is 346 g/mol. The molecule has 0 saturated carbocycles. The van der Waals surface area contributed by atoms with Gasteiger partial charge in [0, 0.05) is 16.9 Å². The van der Waals surface area contributed by atoms with Crippen LogP contribution in [0.15, 0.2) is 0 Å². The fourth-order valence-corrected chi connectivity index (χ4v) is 2.79. The molecule has 1 rings (SSSR count). The molecule has 0 amide bonds. The van der Waals surface area contributed by atoms with Crippen molar-refractivity contribution in [1.29, 1.82) is 0 Å². The van der Waals surface area contributed by atoms with Crippen LogP contribution in [-0.2, 0) is 10.2 Å². The van der Waals surface area contributed by atoms with Crippen molar-refractivity contribution in [2.24, 2.45) is 0 Å². The van der Waals surface area contributed by atoms with Gasteiger partial charge in [-0.15, -0.1) is 11.3 Å². The van der Waals surface area contributed by atoms with Crippen LogP contribution in [0.3, 0.4) is 0 Å². The summed E-state index contributed by atoms with van der Waals surface area (Å²) in [7, 11) is 0. The van der Waals surface area contributed by atoms with Gasteiger partial charge < -0.3 is 14.6 Å². The largest absolute Gasteiger partial charge is 0.503 e. The maximum atomic E-state index is 10.1. The van der Waals surface area contributed by atoms with E-state index in [2.05, 4.69) is 27.7 Å². The third-order valence-corrected chi connectivity index (χ3v) is 4.21. The quantitative estimate of drug-likeness (QED) is 0.614. The molecular formula is C19H38O3S. The third kappa shape index (κ3) is 8.61. The summed E-state index contributed by atoms with van der Waals surface area (Å²) in [6.45, 7) is 21.6. The molecule has 1 aromatic rings. The van der Waals surface area contributed by atoms with Crippen molar-refractivity contribution in [3.63, 3.8) is 0 Å². The van der Waals surface area contributed by atoms with Crippen molar-refractivity contribution in [1.82, 2.24) is 0 Å². The number of thiophene rings is 1. The highest BCUT2D eigenvalue weighted by atomic mass is 32.1. The van der Waals surface area contributed by atoms with Crippen LogP contribution in [0.1, 0.15) is 78.5 Å². The Bertz CT molecular complexity index is 405. The van der Waals surface area contributed by atoms with E-state index in [4.69, 9.17) is 9.47 Å². The molecule has 1 unspecified atom stereocenters. The van der Waals surface area contributed by atoms with E-state index in [-0.39, 0.29) is 17.3 Å². The van der Waals surface area contributed by atoms with Gasteiger partial charge in [-0.25, -0.2) is 0 Å². The molecule has 0 radical (unpaired) electrons. The highest BCUT2D eigenvalue weighted by molar-refractivity contribution is 7.12. The zero-order valence-electron chi connectivity index (χ0n) is 16.9. The fourth-order valence-electron chi connectivity index (χ4n) is 1.75. The van der Waals surface area contributed by atoms with Crippen LogP contribution in [0.25, 0.3) is 0 Å². The minimum atomic E-state index is -0.0625. The van der Waals surface area contributed by atoms with Gasteiger partial charge in [-0.3, -0.25) is 0 Å². The third-order valence-electron chi connectivity index (χ3n) is 2.71. The molecule has 0 aromatic carbocycles. The molecule has 0 spiro atoms. The molecule has 0 bridgehead atoms. The number of aryl methyl sites for hydroxylation is 1. The fraction of sp³-hybridized carbons (Fsp3) is 0.789. The SMILES string of the molecule is CC.CC.CCCOCC(C)Oc1c(C(C)(C)C)sc(C)c1O. The number of rotatable bonds is 6.